The Bertz CT molecular complexity index is 554. The third-order valence-electron chi connectivity index (χ3n) is 2.93. The van der Waals surface area contributed by atoms with Gasteiger partial charge < -0.3 is 5.11 Å². The zero-order chi connectivity index (χ0) is 13.1. The maximum Gasteiger partial charge on any atom is 0.141 e. The normalized spacial score (nSPS) is 12.4. The van der Waals surface area contributed by atoms with Crippen LogP contribution in [0.1, 0.15) is 29.7 Å². The van der Waals surface area contributed by atoms with Crippen LogP contribution in [-0.4, -0.2) is 5.11 Å². The summed E-state index contributed by atoms with van der Waals surface area (Å²) in [5.74, 6) is -0.477. The molecule has 3 heteroatoms. The molecule has 1 nitrogen and oxygen atoms in total. The van der Waals surface area contributed by atoms with Crippen LogP contribution in [0.25, 0.3) is 0 Å². The molecule has 0 aromatic heterocycles. The van der Waals surface area contributed by atoms with Gasteiger partial charge in [-0.25, -0.2) is 4.39 Å². The lowest BCUT2D eigenvalue weighted by Gasteiger charge is -2.13. The van der Waals surface area contributed by atoms with Crippen molar-refractivity contribution >= 4 is 11.6 Å². The van der Waals surface area contributed by atoms with Gasteiger partial charge in [-0.15, -0.1) is 0 Å². The minimum Gasteiger partial charge on any atom is -0.384 e. The van der Waals surface area contributed by atoms with Gasteiger partial charge in [0.15, 0.2) is 0 Å². The molecular formula is C15H14ClFO. The second-order valence-corrected chi connectivity index (χ2v) is 4.58. The zero-order valence-electron chi connectivity index (χ0n) is 10.0. The van der Waals surface area contributed by atoms with Crippen molar-refractivity contribution in [3.05, 3.63) is 70.0 Å². The summed E-state index contributed by atoms with van der Waals surface area (Å²) in [5.41, 5.74) is 2.53. The van der Waals surface area contributed by atoms with E-state index in [1.807, 2.05) is 24.3 Å². The number of hydrogen-bond donors (Lipinski definition) is 1. The fraction of sp³-hybridized carbons (Fsp3) is 0.200. The van der Waals surface area contributed by atoms with E-state index in [4.69, 9.17) is 11.6 Å². The number of hydrogen-bond acceptors (Lipinski definition) is 1. The van der Waals surface area contributed by atoms with Crippen molar-refractivity contribution in [2.24, 2.45) is 0 Å². The van der Waals surface area contributed by atoms with Crippen LogP contribution in [0.2, 0.25) is 5.02 Å². The van der Waals surface area contributed by atoms with Crippen LogP contribution in [0, 0.1) is 5.82 Å². The van der Waals surface area contributed by atoms with Crippen molar-refractivity contribution in [3.63, 3.8) is 0 Å². The van der Waals surface area contributed by atoms with Crippen molar-refractivity contribution in [3.8, 4) is 0 Å². The summed E-state index contributed by atoms with van der Waals surface area (Å²) < 4.78 is 13.1. The van der Waals surface area contributed by atoms with E-state index in [1.165, 1.54) is 12.1 Å². The molecule has 0 spiro atoms. The first-order chi connectivity index (χ1) is 8.61. The molecular weight excluding hydrogens is 251 g/mol. The Hall–Kier alpha value is -1.38. The molecule has 0 saturated carbocycles. The minimum atomic E-state index is -0.783. The van der Waals surface area contributed by atoms with E-state index in [-0.39, 0.29) is 5.02 Å². The summed E-state index contributed by atoms with van der Waals surface area (Å²) in [6.45, 7) is 2.06. The van der Waals surface area contributed by atoms with E-state index in [2.05, 4.69) is 6.92 Å². The number of aliphatic hydroxyl groups is 1. The predicted molar refractivity (Wildman–Crippen MR) is 71.3 cm³/mol. The summed E-state index contributed by atoms with van der Waals surface area (Å²) >= 11 is 5.72. The second-order valence-electron chi connectivity index (χ2n) is 4.17. The lowest BCUT2D eigenvalue weighted by Crippen LogP contribution is -2.00. The average Bonchev–Trinajstić information content (AvgIpc) is 2.41. The molecule has 0 amide bonds. The smallest absolute Gasteiger partial charge is 0.141 e. The van der Waals surface area contributed by atoms with E-state index < -0.39 is 11.9 Å². The predicted octanol–water partition coefficient (Wildman–Crippen LogP) is 4.12. The Morgan fingerprint density at radius 3 is 2.56 bits per heavy atom. The molecule has 0 radical (unpaired) electrons. The van der Waals surface area contributed by atoms with E-state index in [0.717, 1.165) is 17.5 Å². The van der Waals surface area contributed by atoms with Gasteiger partial charge in [-0.1, -0.05) is 48.9 Å². The average molecular weight is 265 g/mol. The molecule has 0 heterocycles. The molecule has 0 aliphatic carbocycles. The van der Waals surface area contributed by atoms with Gasteiger partial charge in [0.1, 0.15) is 11.9 Å². The first-order valence-electron chi connectivity index (χ1n) is 5.83. The molecule has 0 aliphatic rings. The highest BCUT2D eigenvalue weighted by Crippen LogP contribution is 2.26. The number of rotatable bonds is 3. The third-order valence-corrected chi connectivity index (χ3v) is 3.22. The summed E-state index contributed by atoms with van der Waals surface area (Å²) in [6.07, 6.45) is 0.125. The van der Waals surface area contributed by atoms with Crippen molar-refractivity contribution in [1.82, 2.24) is 0 Å². The standard InChI is InChI=1S/C15H14ClFO/c1-2-10-4-3-5-11(8-10)15(18)12-6-7-14(17)13(16)9-12/h3-9,15,18H,2H2,1H3. The third kappa shape index (κ3) is 2.71. The molecule has 2 aromatic carbocycles. The van der Waals surface area contributed by atoms with Gasteiger partial charge >= 0.3 is 0 Å². The quantitative estimate of drug-likeness (QED) is 0.884. The Labute approximate surface area is 111 Å². The topological polar surface area (TPSA) is 20.2 Å². The molecule has 1 atom stereocenters. The van der Waals surface area contributed by atoms with E-state index >= 15 is 0 Å². The second kappa shape index (κ2) is 5.51. The van der Waals surface area contributed by atoms with Gasteiger partial charge in [0, 0.05) is 0 Å². The van der Waals surface area contributed by atoms with Crippen LogP contribution in [0.15, 0.2) is 42.5 Å². The highest BCUT2D eigenvalue weighted by atomic mass is 35.5. The minimum absolute atomic E-state index is 0.0261. The van der Waals surface area contributed by atoms with Crippen LogP contribution in [0.5, 0.6) is 0 Å². The fourth-order valence-corrected chi connectivity index (χ4v) is 2.05. The molecule has 18 heavy (non-hydrogen) atoms. The number of aryl methyl sites for hydroxylation is 1. The van der Waals surface area contributed by atoms with E-state index in [1.54, 1.807) is 6.07 Å². The highest BCUT2D eigenvalue weighted by molar-refractivity contribution is 6.30. The number of halogens is 2. The van der Waals surface area contributed by atoms with E-state index in [0.29, 0.717) is 5.56 Å². The van der Waals surface area contributed by atoms with E-state index in [9.17, 15) is 9.50 Å². The monoisotopic (exact) mass is 264 g/mol. The zero-order valence-corrected chi connectivity index (χ0v) is 10.8. The molecule has 2 aromatic rings. The Morgan fingerprint density at radius 1 is 1.17 bits per heavy atom. The highest BCUT2D eigenvalue weighted by Gasteiger charge is 2.12. The molecule has 1 N–H and O–H groups in total. The Morgan fingerprint density at radius 2 is 1.89 bits per heavy atom. The van der Waals surface area contributed by atoms with Crippen molar-refractivity contribution in [2.75, 3.05) is 0 Å². The first-order valence-corrected chi connectivity index (χ1v) is 6.21. The molecule has 0 saturated heterocycles. The first kappa shape index (κ1) is 13.1. The van der Waals surface area contributed by atoms with Gasteiger partial charge in [0.25, 0.3) is 0 Å². The summed E-state index contributed by atoms with van der Waals surface area (Å²) in [4.78, 5) is 0. The number of benzene rings is 2. The summed E-state index contributed by atoms with van der Waals surface area (Å²) in [5, 5.41) is 10.3. The molecule has 2 rings (SSSR count). The van der Waals surface area contributed by atoms with Crippen molar-refractivity contribution < 1.29 is 9.50 Å². The lowest BCUT2D eigenvalue weighted by molar-refractivity contribution is 0.220. The molecule has 0 aliphatic heterocycles. The molecule has 0 bridgehead atoms. The van der Waals surface area contributed by atoms with Crippen LogP contribution in [0.3, 0.4) is 0 Å². The summed E-state index contributed by atoms with van der Waals surface area (Å²) in [7, 11) is 0. The lowest BCUT2D eigenvalue weighted by atomic mass is 9.99. The van der Waals surface area contributed by atoms with Crippen LogP contribution in [0.4, 0.5) is 4.39 Å². The molecule has 0 fully saturated rings. The van der Waals surface area contributed by atoms with Gasteiger partial charge in [0.2, 0.25) is 0 Å². The van der Waals surface area contributed by atoms with Gasteiger partial charge in [-0.3, -0.25) is 0 Å². The number of aliphatic hydroxyl groups excluding tert-OH is 1. The summed E-state index contributed by atoms with van der Waals surface area (Å²) in [6, 6.07) is 12.0. The maximum absolute atomic E-state index is 13.1. The fourth-order valence-electron chi connectivity index (χ4n) is 1.86. The largest absolute Gasteiger partial charge is 0.384 e. The van der Waals surface area contributed by atoms with Crippen LogP contribution < -0.4 is 0 Å². The van der Waals surface area contributed by atoms with Gasteiger partial charge in [-0.2, -0.15) is 0 Å². The van der Waals surface area contributed by atoms with Crippen molar-refractivity contribution in [1.29, 1.82) is 0 Å². The van der Waals surface area contributed by atoms with Crippen molar-refractivity contribution in [2.45, 2.75) is 19.4 Å². The maximum atomic E-state index is 13.1. The molecule has 94 valence electrons. The molecule has 1 unspecified atom stereocenters. The Balaban J connectivity index is 2.34. The Kier molecular flexibility index (Phi) is 4.00. The van der Waals surface area contributed by atoms with Gasteiger partial charge in [0.05, 0.1) is 5.02 Å². The van der Waals surface area contributed by atoms with Crippen LogP contribution >= 0.6 is 11.6 Å². The van der Waals surface area contributed by atoms with Gasteiger partial charge in [-0.05, 0) is 35.2 Å². The van der Waals surface area contributed by atoms with Crippen LogP contribution in [-0.2, 0) is 6.42 Å². The SMILES string of the molecule is CCc1cccc(C(O)c2ccc(F)c(Cl)c2)c1.